The molecule has 0 radical (unpaired) electrons. The van der Waals surface area contributed by atoms with E-state index < -0.39 is 0 Å². The molecule has 0 amide bonds. The highest BCUT2D eigenvalue weighted by molar-refractivity contribution is 9.10. The van der Waals surface area contributed by atoms with Crippen molar-refractivity contribution in [3.8, 4) is 5.75 Å². The Morgan fingerprint density at radius 1 is 0.829 bits per heavy atom. The summed E-state index contributed by atoms with van der Waals surface area (Å²) in [5.41, 5.74) is 5.31. The average Bonchev–Trinajstić information content (AvgIpc) is 2.82. The van der Waals surface area contributed by atoms with E-state index in [9.17, 15) is 5.11 Å². The third-order valence-electron chi connectivity index (χ3n) is 6.02. The summed E-state index contributed by atoms with van der Waals surface area (Å²) in [6, 6.07) is 8.15. The average molecular weight is 543 g/mol. The molecule has 0 aliphatic carbocycles. The number of nitrogens with one attached hydrogen (secondary N) is 1. The van der Waals surface area contributed by atoms with Crippen LogP contribution in [0.15, 0.2) is 41.1 Å². The van der Waals surface area contributed by atoms with E-state index in [0.717, 1.165) is 97.4 Å². The van der Waals surface area contributed by atoms with E-state index in [1.165, 1.54) is 5.56 Å². The van der Waals surface area contributed by atoms with Crippen molar-refractivity contribution in [1.82, 2.24) is 19.8 Å². The number of phenols is 1. The van der Waals surface area contributed by atoms with Crippen LogP contribution in [-0.4, -0.2) is 51.1 Å². The number of hydrogen-bond donors (Lipinski definition) is 2. The van der Waals surface area contributed by atoms with Gasteiger partial charge in [-0.1, -0.05) is 27.7 Å². The maximum absolute atomic E-state index is 11.4. The van der Waals surface area contributed by atoms with E-state index in [2.05, 4.69) is 80.8 Å². The fraction of sp³-hybridized carbons (Fsp3) is 0.500. The second-order valence-corrected chi connectivity index (χ2v) is 10.1. The Morgan fingerprint density at radius 3 is 2.09 bits per heavy atom. The minimum absolute atomic E-state index is 0.311. The first-order chi connectivity index (χ1) is 17.0. The summed E-state index contributed by atoms with van der Waals surface area (Å²) in [6.07, 6.45) is 7.99. The summed E-state index contributed by atoms with van der Waals surface area (Å²) in [5.74, 6) is 0.311. The van der Waals surface area contributed by atoms with Crippen molar-refractivity contribution in [2.75, 3.05) is 31.5 Å². The number of hydrogen-bond acceptors (Lipinski definition) is 6. The molecule has 0 saturated heterocycles. The van der Waals surface area contributed by atoms with Crippen molar-refractivity contribution in [1.29, 1.82) is 0 Å². The number of aromatic hydroxyl groups is 1. The normalized spacial score (nSPS) is 11.6. The van der Waals surface area contributed by atoms with Gasteiger partial charge in [0.05, 0.1) is 16.9 Å². The summed E-state index contributed by atoms with van der Waals surface area (Å²) in [7, 11) is 0. The van der Waals surface area contributed by atoms with Gasteiger partial charge in [-0.05, 0) is 97.6 Å². The van der Waals surface area contributed by atoms with Crippen LogP contribution in [0.2, 0.25) is 0 Å². The molecule has 0 spiro atoms. The van der Waals surface area contributed by atoms with Gasteiger partial charge in [-0.25, -0.2) is 0 Å². The zero-order valence-electron chi connectivity index (χ0n) is 21.6. The van der Waals surface area contributed by atoms with Crippen molar-refractivity contribution in [3.05, 3.63) is 52.3 Å². The van der Waals surface area contributed by atoms with Crippen molar-refractivity contribution in [3.63, 3.8) is 0 Å². The van der Waals surface area contributed by atoms with Gasteiger partial charge in [0.15, 0.2) is 0 Å². The zero-order valence-corrected chi connectivity index (χ0v) is 23.2. The van der Waals surface area contributed by atoms with Crippen LogP contribution in [0.1, 0.15) is 64.5 Å². The Labute approximate surface area is 218 Å². The molecule has 0 bridgehead atoms. The number of rotatable bonds is 14. The molecule has 35 heavy (non-hydrogen) atoms. The molecule has 0 unspecified atom stereocenters. The fourth-order valence-electron chi connectivity index (χ4n) is 4.62. The number of halogens is 1. The van der Waals surface area contributed by atoms with Crippen LogP contribution in [0.4, 0.5) is 11.4 Å². The summed E-state index contributed by atoms with van der Waals surface area (Å²) in [4.78, 5) is 14.0. The van der Waals surface area contributed by atoms with Crippen LogP contribution in [0.3, 0.4) is 0 Å². The Kier molecular flexibility index (Phi) is 10.8. The molecule has 2 aromatic heterocycles. The number of nitrogens with zero attached hydrogens (tertiary/aromatic N) is 4. The maximum Gasteiger partial charge on any atom is 0.143 e. The molecule has 6 nitrogen and oxygen atoms in total. The van der Waals surface area contributed by atoms with Crippen molar-refractivity contribution in [2.24, 2.45) is 0 Å². The summed E-state index contributed by atoms with van der Waals surface area (Å²) >= 11 is 3.48. The van der Waals surface area contributed by atoms with Crippen molar-refractivity contribution < 1.29 is 5.11 Å². The zero-order chi connectivity index (χ0) is 25.2. The lowest BCUT2D eigenvalue weighted by atomic mass is 10.1. The van der Waals surface area contributed by atoms with E-state index in [1.54, 1.807) is 12.4 Å². The number of fused-ring (bicyclic) bond motifs is 1. The Bertz CT molecular complexity index is 1080. The SMILES string of the molecule is CCCN(CCC)Cc1cc(CN(CCC)CCC)c(O)c(Nc2ccnc3cc(Br)cnc23)c1. The highest BCUT2D eigenvalue weighted by atomic mass is 79.9. The molecular weight excluding hydrogens is 502 g/mol. The fourth-order valence-corrected chi connectivity index (χ4v) is 4.94. The Morgan fingerprint density at radius 2 is 1.46 bits per heavy atom. The molecule has 0 fully saturated rings. The smallest absolute Gasteiger partial charge is 0.143 e. The van der Waals surface area contributed by atoms with E-state index in [1.807, 2.05) is 12.1 Å². The van der Waals surface area contributed by atoms with Crippen LogP contribution < -0.4 is 5.32 Å². The Hall–Kier alpha value is -2.22. The molecular formula is C28H40BrN5O. The quantitative estimate of drug-likeness (QED) is 0.212. The molecule has 0 saturated carbocycles. The van der Waals surface area contributed by atoms with Crippen LogP contribution in [0.25, 0.3) is 11.0 Å². The second-order valence-electron chi connectivity index (χ2n) is 9.21. The molecule has 0 aliphatic heterocycles. The summed E-state index contributed by atoms with van der Waals surface area (Å²) in [5, 5.41) is 14.9. The van der Waals surface area contributed by atoms with Gasteiger partial charge in [0.25, 0.3) is 0 Å². The Balaban J connectivity index is 2.01. The standard InChI is InChI=1S/C28H40BrN5O/c1-5-11-33(12-6-2)19-21-15-22(20-34(13-7-3)14-8-4)28(35)26(16-21)32-24-9-10-30-25-17-23(29)18-31-27(24)25/h9-10,15-18,35H,5-8,11-14,19-20H2,1-4H3,(H,30,32). The first-order valence-corrected chi connectivity index (χ1v) is 13.7. The van der Waals surface area contributed by atoms with E-state index in [-0.39, 0.29) is 0 Å². The highest BCUT2D eigenvalue weighted by Gasteiger charge is 2.16. The first-order valence-electron chi connectivity index (χ1n) is 13.0. The molecule has 190 valence electrons. The lowest BCUT2D eigenvalue weighted by molar-refractivity contribution is 0.259. The predicted octanol–water partition coefficient (Wildman–Crippen LogP) is 7.09. The largest absolute Gasteiger partial charge is 0.505 e. The molecule has 3 rings (SSSR count). The van der Waals surface area contributed by atoms with E-state index >= 15 is 0 Å². The lowest BCUT2D eigenvalue weighted by Gasteiger charge is -2.25. The molecule has 0 aliphatic rings. The minimum atomic E-state index is 0.311. The van der Waals surface area contributed by atoms with E-state index in [4.69, 9.17) is 0 Å². The van der Waals surface area contributed by atoms with Crippen LogP contribution in [-0.2, 0) is 13.1 Å². The predicted molar refractivity (Wildman–Crippen MR) is 150 cm³/mol. The van der Waals surface area contributed by atoms with Crippen LogP contribution in [0.5, 0.6) is 5.75 Å². The third-order valence-corrected chi connectivity index (χ3v) is 6.46. The van der Waals surface area contributed by atoms with Gasteiger partial charge in [-0.3, -0.25) is 19.8 Å². The van der Waals surface area contributed by atoms with E-state index in [0.29, 0.717) is 5.75 Å². The second kappa shape index (κ2) is 13.8. The van der Waals surface area contributed by atoms with Gasteiger partial charge in [0, 0.05) is 35.5 Å². The monoisotopic (exact) mass is 541 g/mol. The molecule has 3 aromatic rings. The topological polar surface area (TPSA) is 64.5 Å². The van der Waals surface area contributed by atoms with Crippen LogP contribution >= 0.6 is 15.9 Å². The molecule has 1 aromatic carbocycles. The summed E-state index contributed by atoms with van der Waals surface area (Å²) < 4.78 is 0.890. The molecule has 2 heterocycles. The number of benzene rings is 1. The van der Waals surface area contributed by atoms with Gasteiger partial charge in [-0.15, -0.1) is 0 Å². The van der Waals surface area contributed by atoms with Crippen molar-refractivity contribution in [2.45, 2.75) is 66.5 Å². The number of anilines is 2. The van der Waals surface area contributed by atoms with Gasteiger partial charge in [0.2, 0.25) is 0 Å². The first kappa shape index (κ1) is 27.4. The van der Waals surface area contributed by atoms with Gasteiger partial charge in [-0.2, -0.15) is 0 Å². The lowest BCUT2D eigenvalue weighted by Crippen LogP contribution is -2.26. The van der Waals surface area contributed by atoms with Crippen molar-refractivity contribution >= 4 is 38.3 Å². The number of pyridine rings is 2. The number of aromatic nitrogens is 2. The minimum Gasteiger partial charge on any atom is -0.505 e. The molecule has 0 atom stereocenters. The highest BCUT2D eigenvalue weighted by Crippen LogP contribution is 2.35. The van der Waals surface area contributed by atoms with Gasteiger partial charge < -0.3 is 10.4 Å². The third kappa shape index (κ3) is 7.63. The number of phenolic OH excluding ortho intramolecular Hbond substituents is 1. The molecule has 7 heteroatoms. The van der Waals surface area contributed by atoms with Gasteiger partial charge >= 0.3 is 0 Å². The van der Waals surface area contributed by atoms with Crippen LogP contribution in [0, 0.1) is 0 Å². The summed E-state index contributed by atoms with van der Waals surface area (Å²) in [6.45, 7) is 14.6. The maximum atomic E-state index is 11.4. The molecule has 2 N–H and O–H groups in total. The van der Waals surface area contributed by atoms with Gasteiger partial charge in [0.1, 0.15) is 11.3 Å².